The van der Waals surface area contributed by atoms with Crippen molar-refractivity contribution >= 4 is 28.4 Å². The van der Waals surface area contributed by atoms with Crippen LogP contribution in [0.1, 0.15) is 16.1 Å². The highest BCUT2D eigenvalue weighted by Crippen LogP contribution is 2.16. The summed E-state index contributed by atoms with van der Waals surface area (Å²) in [4.78, 5) is 21.8. The largest absolute Gasteiger partial charge is 0.438 e. The molecule has 5 nitrogen and oxygen atoms in total. The first kappa shape index (κ1) is 16.7. The summed E-state index contributed by atoms with van der Waals surface area (Å²) in [6.07, 6.45) is 0. The van der Waals surface area contributed by atoms with E-state index in [1.807, 2.05) is 73.7 Å². The van der Waals surface area contributed by atoms with Gasteiger partial charge in [0.25, 0.3) is 5.91 Å². The van der Waals surface area contributed by atoms with Crippen molar-refractivity contribution in [1.82, 2.24) is 4.98 Å². The van der Waals surface area contributed by atoms with Gasteiger partial charge in [-0.05, 0) is 43.3 Å². The minimum absolute atomic E-state index is 0.255. The van der Waals surface area contributed by atoms with E-state index in [0.717, 1.165) is 11.1 Å². The molecule has 1 amide bonds. The van der Waals surface area contributed by atoms with Crippen molar-refractivity contribution in [3.63, 3.8) is 0 Å². The van der Waals surface area contributed by atoms with Crippen molar-refractivity contribution in [1.29, 1.82) is 0 Å². The van der Waals surface area contributed by atoms with Gasteiger partial charge in [0.2, 0.25) is 5.55 Å². The van der Waals surface area contributed by atoms with Crippen molar-refractivity contribution in [2.75, 3.05) is 5.32 Å². The summed E-state index contributed by atoms with van der Waals surface area (Å²) in [5.41, 5.74) is 2.80. The van der Waals surface area contributed by atoms with Crippen molar-refractivity contribution in [2.45, 2.75) is 6.92 Å². The molecule has 5 heteroatoms. The third kappa shape index (κ3) is 3.77. The fourth-order valence-corrected chi connectivity index (χ4v) is 2.73. The number of aromatic nitrogens is 1. The molecule has 2 aromatic heterocycles. The number of nitrogens with zero attached hydrogens (tertiary/aromatic N) is 2. The number of rotatable bonds is 3. The number of fused-ring (bicyclic) bond motifs is 1. The second kappa shape index (κ2) is 7.25. The third-order valence-electron chi connectivity index (χ3n) is 4.02. The molecule has 0 bridgehead atoms. The zero-order valence-corrected chi connectivity index (χ0v) is 14.7. The Balaban J connectivity index is 1.83. The molecular weight excluding hydrogens is 338 g/mol. The fourth-order valence-electron chi connectivity index (χ4n) is 2.73. The SMILES string of the molecule is Cc1cccc(NC(=O)c2cc3ccccc3oc2=Nc2ccccc2)n1. The smallest absolute Gasteiger partial charge is 0.262 e. The maximum Gasteiger partial charge on any atom is 0.262 e. The van der Waals surface area contributed by atoms with Gasteiger partial charge in [0.05, 0.1) is 5.69 Å². The van der Waals surface area contributed by atoms with E-state index < -0.39 is 0 Å². The number of benzene rings is 2. The first-order chi connectivity index (χ1) is 13.2. The van der Waals surface area contributed by atoms with E-state index in [0.29, 0.717) is 22.7 Å². The average Bonchev–Trinajstić information content (AvgIpc) is 2.68. The quantitative estimate of drug-likeness (QED) is 0.583. The van der Waals surface area contributed by atoms with Gasteiger partial charge in [-0.2, -0.15) is 0 Å². The summed E-state index contributed by atoms with van der Waals surface area (Å²) in [6, 6.07) is 24.2. The number of hydrogen-bond donors (Lipinski definition) is 1. The average molecular weight is 355 g/mol. The number of para-hydroxylation sites is 2. The van der Waals surface area contributed by atoms with E-state index in [4.69, 9.17) is 4.42 Å². The predicted octanol–water partition coefficient (Wildman–Crippen LogP) is 4.62. The molecule has 2 heterocycles. The Morgan fingerprint density at radius 3 is 2.56 bits per heavy atom. The first-order valence-electron chi connectivity index (χ1n) is 8.57. The third-order valence-corrected chi connectivity index (χ3v) is 4.02. The molecule has 1 N–H and O–H groups in total. The minimum atomic E-state index is -0.322. The van der Waals surface area contributed by atoms with E-state index in [2.05, 4.69) is 15.3 Å². The number of carbonyl (C=O) groups is 1. The zero-order valence-electron chi connectivity index (χ0n) is 14.7. The standard InChI is InChI=1S/C22H17N3O2/c1-15-8-7-13-20(23-15)25-21(26)18-14-16-9-5-6-12-19(16)27-22(18)24-17-10-3-2-4-11-17/h2-14H,1H3,(H,23,25,26). The molecule has 0 atom stereocenters. The van der Waals surface area contributed by atoms with Gasteiger partial charge in [0.1, 0.15) is 17.0 Å². The van der Waals surface area contributed by atoms with E-state index >= 15 is 0 Å². The van der Waals surface area contributed by atoms with Gasteiger partial charge < -0.3 is 9.73 Å². The van der Waals surface area contributed by atoms with Gasteiger partial charge in [-0.3, -0.25) is 4.79 Å². The molecule has 27 heavy (non-hydrogen) atoms. The van der Waals surface area contributed by atoms with E-state index in [-0.39, 0.29) is 11.5 Å². The topological polar surface area (TPSA) is 67.5 Å². The van der Waals surface area contributed by atoms with Gasteiger partial charge >= 0.3 is 0 Å². The number of aryl methyl sites for hydroxylation is 1. The normalized spacial score (nSPS) is 11.5. The summed E-state index contributed by atoms with van der Waals surface area (Å²) in [5, 5.41) is 3.65. The molecule has 2 aromatic carbocycles. The van der Waals surface area contributed by atoms with Gasteiger partial charge in [-0.25, -0.2) is 9.98 Å². The molecule has 0 aliphatic carbocycles. The van der Waals surface area contributed by atoms with Gasteiger partial charge in [0.15, 0.2) is 0 Å². The summed E-state index contributed by atoms with van der Waals surface area (Å²) >= 11 is 0. The maximum atomic E-state index is 12.9. The van der Waals surface area contributed by atoms with Crippen LogP contribution in [0.25, 0.3) is 11.0 Å². The Hall–Kier alpha value is -3.73. The molecule has 0 aliphatic heterocycles. The molecule has 0 saturated heterocycles. The fraction of sp³-hybridized carbons (Fsp3) is 0.0455. The molecule has 0 saturated carbocycles. The lowest BCUT2D eigenvalue weighted by molar-refractivity contribution is 0.102. The lowest BCUT2D eigenvalue weighted by Gasteiger charge is -2.07. The van der Waals surface area contributed by atoms with Crippen LogP contribution in [0, 0.1) is 6.92 Å². The predicted molar refractivity (Wildman–Crippen MR) is 105 cm³/mol. The Morgan fingerprint density at radius 1 is 0.963 bits per heavy atom. The molecule has 4 aromatic rings. The highest BCUT2D eigenvalue weighted by atomic mass is 16.3. The van der Waals surface area contributed by atoms with E-state index in [1.54, 1.807) is 12.1 Å². The highest BCUT2D eigenvalue weighted by Gasteiger charge is 2.13. The molecule has 132 valence electrons. The Morgan fingerprint density at radius 2 is 1.74 bits per heavy atom. The monoisotopic (exact) mass is 355 g/mol. The van der Waals surface area contributed by atoms with Crippen molar-refractivity contribution < 1.29 is 9.21 Å². The summed E-state index contributed by atoms with van der Waals surface area (Å²) in [6.45, 7) is 1.87. The van der Waals surface area contributed by atoms with Crippen LogP contribution in [0.5, 0.6) is 0 Å². The molecule has 0 aliphatic rings. The molecule has 0 radical (unpaired) electrons. The lowest BCUT2D eigenvalue weighted by Crippen LogP contribution is -2.22. The van der Waals surface area contributed by atoms with Crippen molar-refractivity contribution in [3.8, 4) is 0 Å². The second-order valence-electron chi connectivity index (χ2n) is 6.07. The van der Waals surface area contributed by atoms with Gasteiger partial charge in [-0.1, -0.05) is 42.5 Å². The van der Waals surface area contributed by atoms with Crippen LogP contribution in [0.3, 0.4) is 0 Å². The number of nitrogens with one attached hydrogen (secondary N) is 1. The van der Waals surface area contributed by atoms with Crippen LogP contribution >= 0.6 is 0 Å². The van der Waals surface area contributed by atoms with Crippen LogP contribution in [0.4, 0.5) is 11.5 Å². The summed E-state index contributed by atoms with van der Waals surface area (Å²) in [7, 11) is 0. The number of carbonyl (C=O) groups excluding carboxylic acids is 1. The zero-order chi connectivity index (χ0) is 18.6. The molecule has 0 spiro atoms. The summed E-state index contributed by atoms with van der Waals surface area (Å²) in [5.74, 6) is 0.163. The number of pyridine rings is 1. The van der Waals surface area contributed by atoms with Gasteiger partial charge in [-0.15, -0.1) is 0 Å². The number of amides is 1. The van der Waals surface area contributed by atoms with Crippen LogP contribution < -0.4 is 10.9 Å². The second-order valence-corrected chi connectivity index (χ2v) is 6.07. The van der Waals surface area contributed by atoms with Gasteiger partial charge in [0, 0.05) is 11.1 Å². The lowest BCUT2D eigenvalue weighted by atomic mass is 10.1. The molecular formula is C22H17N3O2. The number of anilines is 1. The Bertz CT molecular complexity index is 1180. The summed E-state index contributed by atoms with van der Waals surface area (Å²) < 4.78 is 5.93. The molecule has 4 rings (SSSR count). The van der Waals surface area contributed by atoms with Crippen LogP contribution in [0.2, 0.25) is 0 Å². The van der Waals surface area contributed by atoms with Crippen LogP contribution in [-0.2, 0) is 0 Å². The Kier molecular flexibility index (Phi) is 4.49. The van der Waals surface area contributed by atoms with E-state index in [9.17, 15) is 4.79 Å². The first-order valence-corrected chi connectivity index (χ1v) is 8.57. The van der Waals surface area contributed by atoms with Crippen molar-refractivity contribution in [3.05, 3.63) is 95.7 Å². The molecule has 0 unspecified atom stereocenters. The molecule has 0 fully saturated rings. The maximum absolute atomic E-state index is 12.9. The number of hydrogen-bond acceptors (Lipinski definition) is 4. The highest BCUT2D eigenvalue weighted by molar-refractivity contribution is 6.04. The van der Waals surface area contributed by atoms with E-state index in [1.165, 1.54) is 0 Å². The minimum Gasteiger partial charge on any atom is -0.438 e. The van der Waals surface area contributed by atoms with Crippen LogP contribution in [-0.4, -0.2) is 10.9 Å². The Labute approximate surface area is 156 Å². The van der Waals surface area contributed by atoms with Crippen molar-refractivity contribution in [2.24, 2.45) is 4.99 Å². The van der Waals surface area contributed by atoms with Crippen LogP contribution in [0.15, 0.2) is 88.3 Å².